The zero-order chi connectivity index (χ0) is 9.52. The van der Waals surface area contributed by atoms with E-state index in [4.69, 9.17) is 10.5 Å². The average molecular weight is 178 g/mol. The van der Waals surface area contributed by atoms with E-state index in [2.05, 4.69) is 0 Å². The van der Waals surface area contributed by atoms with Gasteiger partial charge in [0.15, 0.2) is 0 Å². The summed E-state index contributed by atoms with van der Waals surface area (Å²) >= 11 is 0. The van der Waals surface area contributed by atoms with Gasteiger partial charge in [0.2, 0.25) is 0 Å². The fourth-order valence-electron chi connectivity index (χ4n) is 0.893. The molecule has 1 radical (unpaired) electrons. The largest absolute Gasteiger partial charge is 0.457 e. The van der Waals surface area contributed by atoms with Crippen LogP contribution in [0.5, 0.6) is 0 Å². The molecular formula is C10H12NO2. The highest BCUT2D eigenvalue weighted by Gasteiger charge is 1.98. The van der Waals surface area contributed by atoms with Gasteiger partial charge in [0.25, 0.3) is 0 Å². The third kappa shape index (κ3) is 3.71. The van der Waals surface area contributed by atoms with Crippen molar-refractivity contribution in [2.75, 3.05) is 6.54 Å². The lowest BCUT2D eigenvalue weighted by Gasteiger charge is -2.01. The van der Waals surface area contributed by atoms with Gasteiger partial charge in [0.1, 0.15) is 6.61 Å². The summed E-state index contributed by atoms with van der Waals surface area (Å²) in [6.07, 6.45) is 0.618. The lowest BCUT2D eigenvalue weighted by atomic mass is 10.2. The molecule has 69 valence electrons. The highest BCUT2D eigenvalue weighted by Crippen LogP contribution is 2.01. The first-order chi connectivity index (χ1) is 6.33. The predicted molar refractivity (Wildman–Crippen MR) is 49.6 cm³/mol. The first-order valence-electron chi connectivity index (χ1n) is 4.08. The van der Waals surface area contributed by atoms with Crippen LogP contribution < -0.4 is 5.73 Å². The van der Waals surface area contributed by atoms with E-state index >= 15 is 0 Å². The molecular weight excluding hydrogens is 166 g/mol. The number of nitrogens with two attached hydrogens (primary N) is 1. The summed E-state index contributed by atoms with van der Waals surface area (Å²) in [6.45, 7) is 1.38. The molecule has 0 unspecified atom stereocenters. The number of ether oxygens (including phenoxy) is 1. The molecule has 1 aromatic carbocycles. The van der Waals surface area contributed by atoms with E-state index in [1.54, 1.807) is 0 Å². The second kappa shape index (κ2) is 5.32. The summed E-state index contributed by atoms with van der Waals surface area (Å²) in [5, 5.41) is 0. The third-order valence-electron chi connectivity index (χ3n) is 1.54. The number of hydrogen-bond donors (Lipinski definition) is 1. The number of rotatable bonds is 4. The van der Waals surface area contributed by atoms with Crippen LogP contribution in [0.1, 0.15) is 5.56 Å². The van der Waals surface area contributed by atoms with E-state index in [0.29, 0.717) is 6.42 Å². The quantitative estimate of drug-likeness (QED) is 0.697. The van der Waals surface area contributed by atoms with Crippen LogP contribution in [0.15, 0.2) is 30.3 Å². The minimum Gasteiger partial charge on any atom is -0.457 e. The van der Waals surface area contributed by atoms with Gasteiger partial charge in [0, 0.05) is 6.42 Å². The van der Waals surface area contributed by atoms with Crippen LogP contribution in [0.3, 0.4) is 0 Å². The fourth-order valence-corrected chi connectivity index (χ4v) is 0.893. The van der Waals surface area contributed by atoms with Crippen molar-refractivity contribution in [1.29, 1.82) is 0 Å². The second-order valence-electron chi connectivity index (χ2n) is 2.55. The molecule has 0 saturated heterocycles. The highest BCUT2D eigenvalue weighted by atomic mass is 16.5. The maximum atomic E-state index is 10.6. The number of benzene rings is 1. The van der Waals surface area contributed by atoms with Crippen molar-refractivity contribution >= 4 is 5.97 Å². The number of carbonyl (C=O) groups is 1. The molecule has 3 nitrogen and oxygen atoms in total. The molecule has 0 aromatic heterocycles. The Labute approximate surface area is 77.5 Å². The van der Waals surface area contributed by atoms with Gasteiger partial charge in [0.05, 0.1) is 6.54 Å². The van der Waals surface area contributed by atoms with Crippen molar-refractivity contribution in [3.8, 4) is 0 Å². The van der Waals surface area contributed by atoms with E-state index in [9.17, 15) is 4.79 Å². The Morgan fingerprint density at radius 1 is 1.38 bits per heavy atom. The summed E-state index contributed by atoms with van der Waals surface area (Å²) in [5.41, 5.74) is 6.16. The van der Waals surface area contributed by atoms with Crippen molar-refractivity contribution in [1.82, 2.24) is 0 Å². The van der Waals surface area contributed by atoms with Crippen molar-refractivity contribution in [2.24, 2.45) is 5.73 Å². The Bertz CT molecular complexity index is 259. The predicted octanol–water partition coefficient (Wildman–Crippen LogP) is 0.893. The summed E-state index contributed by atoms with van der Waals surface area (Å²) < 4.78 is 4.71. The highest BCUT2D eigenvalue weighted by molar-refractivity contribution is 5.71. The van der Waals surface area contributed by atoms with E-state index < -0.39 is 5.97 Å². The van der Waals surface area contributed by atoms with Gasteiger partial charge in [-0.25, -0.2) is 0 Å². The van der Waals surface area contributed by atoms with Crippen LogP contribution in [0.2, 0.25) is 0 Å². The molecule has 0 amide bonds. The molecule has 0 aliphatic carbocycles. The molecule has 1 rings (SSSR count). The van der Waals surface area contributed by atoms with Crippen molar-refractivity contribution in [3.63, 3.8) is 0 Å². The van der Waals surface area contributed by atoms with Crippen LogP contribution in [-0.4, -0.2) is 12.5 Å². The van der Waals surface area contributed by atoms with Crippen molar-refractivity contribution in [2.45, 2.75) is 6.42 Å². The van der Waals surface area contributed by atoms with Crippen molar-refractivity contribution < 1.29 is 9.53 Å². The van der Waals surface area contributed by atoms with Crippen LogP contribution in [0.4, 0.5) is 0 Å². The molecule has 3 heteroatoms. The van der Waals surface area contributed by atoms with Crippen LogP contribution in [-0.2, 0) is 16.0 Å². The molecule has 2 N–H and O–H groups in total. The van der Waals surface area contributed by atoms with E-state index in [1.807, 2.05) is 30.3 Å². The number of esters is 1. The summed E-state index contributed by atoms with van der Waals surface area (Å²) in [5.74, 6) is -0.407. The molecule has 0 aliphatic rings. The molecule has 0 atom stereocenters. The van der Waals surface area contributed by atoms with Crippen LogP contribution in [0.25, 0.3) is 0 Å². The van der Waals surface area contributed by atoms with Gasteiger partial charge < -0.3 is 10.5 Å². The zero-order valence-corrected chi connectivity index (χ0v) is 7.27. The Hall–Kier alpha value is -1.35. The first kappa shape index (κ1) is 9.74. The molecule has 0 fully saturated rings. The van der Waals surface area contributed by atoms with Gasteiger partial charge in [-0.2, -0.15) is 0 Å². The Kier molecular flexibility index (Phi) is 3.99. The molecule has 0 heterocycles. The smallest absolute Gasteiger partial charge is 0.320 e. The van der Waals surface area contributed by atoms with Crippen molar-refractivity contribution in [3.05, 3.63) is 42.5 Å². The Morgan fingerprint density at radius 3 is 2.69 bits per heavy atom. The van der Waals surface area contributed by atoms with Crippen LogP contribution in [0, 0.1) is 6.61 Å². The van der Waals surface area contributed by atoms with Gasteiger partial charge in [-0.15, -0.1) is 0 Å². The van der Waals surface area contributed by atoms with Crippen LogP contribution >= 0.6 is 0 Å². The maximum Gasteiger partial charge on any atom is 0.320 e. The summed E-state index contributed by atoms with van der Waals surface area (Å²) in [6, 6.07) is 9.75. The third-order valence-corrected chi connectivity index (χ3v) is 1.54. The Morgan fingerprint density at radius 2 is 2.08 bits per heavy atom. The first-order valence-corrected chi connectivity index (χ1v) is 4.08. The lowest BCUT2D eigenvalue weighted by molar-refractivity contribution is -0.138. The lowest BCUT2D eigenvalue weighted by Crippen LogP contribution is -2.15. The van der Waals surface area contributed by atoms with Gasteiger partial charge >= 0.3 is 5.97 Å². The average Bonchev–Trinajstić information content (AvgIpc) is 2.19. The topological polar surface area (TPSA) is 52.3 Å². The van der Waals surface area contributed by atoms with Gasteiger partial charge in [-0.1, -0.05) is 30.3 Å². The zero-order valence-electron chi connectivity index (χ0n) is 7.27. The summed E-state index contributed by atoms with van der Waals surface area (Å²) in [7, 11) is 0. The fraction of sp³-hybridized carbons (Fsp3) is 0.200. The minimum absolute atomic E-state index is 0.0781. The van der Waals surface area contributed by atoms with Gasteiger partial charge in [-0.3, -0.25) is 4.79 Å². The number of carbonyl (C=O) groups excluding carboxylic acids is 1. The monoisotopic (exact) mass is 178 g/mol. The molecule has 0 spiro atoms. The standard InChI is InChI=1S/C10H12NO2/c11-8-10(12)13-7-6-9-4-2-1-3-5-9/h1-5,7H,6,8,11H2. The van der Waals surface area contributed by atoms with E-state index in [-0.39, 0.29) is 6.54 Å². The molecule has 0 saturated carbocycles. The second-order valence-corrected chi connectivity index (χ2v) is 2.55. The van der Waals surface area contributed by atoms with E-state index in [1.165, 1.54) is 6.61 Å². The molecule has 1 aromatic rings. The maximum absolute atomic E-state index is 10.6. The minimum atomic E-state index is -0.407. The molecule has 0 aliphatic heterocycles. The Balaban J connectivity index is 2.24. The molecule has 0 bridgehead atoms. The normalized spacial score (nSPS) is 9.62. The van der Waals surface area contributed by atoms with Gasteiger partial charge in [-0.05, 0) is 5.56 Å². The SMILES string of the molecule is NCC(=O)O[CH]Cc1ccccc1. The molecule has 13 heavy (non-hydrogen) atoms. The number of hydrogen-bond acceptors (Lipinski definition) is 3. The summed E-state index contributed by atoms with van der Waals surface area (Å²) in [4.78, 5) is 10.6. The van der Waals surface area contributed by atoms with E-state index in [0.717, 1.165) is 5.56 Å².